The first-order valence-corrected chi connectivity index (χ1v) is 6.07. The van der Waals surface area contributed by atoms with E-state index in [0.29, 0.717) is 0 Å². The van der Waals surface area contributed by atoms with E-state index >= 15 is 0 Å². The van der Waals surface area contributed by atoms with Crippen LogP contribution in [0.15, 0.2) is 30.3 Å². The molecular formula is C14H20O. The predicted molar refractivity (Wildman–Crippen MR) is 62.9 cm³/mol. The van der Waals surface area contributed by atoms with Crippen LogP contribution in [0.1, 0.15) is 31.2 Å². The Morgan fingerprint density at radius 3 is 2.80 bits per heavy atom. The van der Waals surface area contributed by atoms with Gasteiger partial charge in [-0.3, -0.25) is 0 Å². The van der Waals surface area contributed by atoms with Crippen LogP contribution in [-0.2, 0) is 11.2 Å². The SMILES string of the molecule is c1ccc(CCC[C@@H]2CCCOC2)cc1. The van der Waals surface area contributed by atoms with Crippen molar-refractivity contribution in [2.75, 3.05) is 13.2 Å². The number of aryl methyl sites for hydroxylation is 1. The van der Waals surface area contributed by atoms with Crippen LogP contribution in [0.2, 0.25) is 0 Å². The molecule has 82 valence electrons. The van der Waals surface area contributed by atoms with E-state index in [9.17, 15) is 0 Å². The zero-order valence-corrected chi connectivity index (χ0v) is 9.32. The third-order valence-corrected chi connectivity index (χ3v) is 3.18. The first kappa shape index (κ1) is 10.7. The van der Waals surface area contributed by atoms with Crippen LogP contribution in [0.4, 0.5) is 0 Å². The third kappa shape index (κ3) is 3.67. The number of hydrogen-bond acceptors (Lipinski definition) is 1. The van der Waals surface area contributed by atoms with Crippen LogP contribution >= 0.6 is 0 Å². The highest BCUT2D eigenvalue weighted by Gasteiger charge is 2.12. The van der Waals surface area contributed by atoms with Crippen LogP contribution in [0, 0.1) is 5.92 Å². The van der Waals surface area contributed by atoms with Crippen LogP contribution < -0.4 is 0 Å². The maximum atomic E-state index is 5.48. The van der Waals surface area contributed by atoms with Gasteiger partial charge in [-0.1, -0.05) is 30.3 Å². The smallest absolute Gasteiger partial charge is 0.0494 e. The van der Waals surface area contributed by atoms with E-state index in [-0.39, 0.29) is 0 Å². The average molecular weight is 204 g/mol. The Hall–Kier alpha value is -0.820. The lowest BCUT2D eigenvalue weighted by molar-refractivity contribution is 0.0510. The Morgan fingerprint density at radius 1 is 1.20 bits per heavy atom. The second kappa shape index (κ2) is 5.92. The summed E-state index contributed by atoms with van der Waals surface area (Å²) in [5.74, 6) is 0.822. The van der Waals surface area contributed by atoms with E-state index in [2.05, 4.69) is 30.3 Å². The molecule has 0 aliphatic carbocycles. The molecule has 1 saturated heterocycles. The standard InChI is InChI=1S/C14H20O/c1-2-6-13(7-3-1)8-4-9-14-10-5-11-15-12-14/h1-3,6-7,14H,4-5,8-12H2/t14-/m1/s1. The van der Waals surface area contributed by atoms with Crippen molar-refractivity contribution in [2.24, 2.45) is 5.92 Å². The summed E-state index contributed by atoms with van der Waals surface area (Å²) in [5, 5.41) is 0. The van der Waals surface area contributed by atoms with Crippen LogP contribution in [0.3, 0.4) is 0 Å². The molecule has 0 spiro atoms. The lowest BCUT2D eigenvalue weighted by Crippen LogP contribution is -2.17. The zero-order valence-electron chi connectivity index (χ0n) is 9.32. The molecule has 0 aromatic heterocycles. The van der Waals surface area contributed by atoms with Crippen LogP contribution in [0.5, 0.6) is 0 Å². The summed E-state index contributed by atoms with van der Waals surface area (Å²) in [5.41, 5.74) is 1.47. The topological polar surface area (TPSA) is 9.23 Å². The fourth-order valence-electron chi connectivity index (χ4n) is 2.27. The largest absolute Gasteiger partial charge is 0.381 e. The monoisotopic (exact) mass is 204 g/mol. The molecule has 2 rings (SSSR count). The van der Waals surface area contributed by atoms with Crippen molar-refractivity contribution in [2.45, 2.75) is 32.1 Å². The molecule has 1 heteroatoms. The van der Waals surface area contributed by atoms with Gasteiger partial charge in [-0.25, -0.2) is 0 Å². The maximum absolute atomic E-state index is 5.48. The minimum absolute atomic E-state index is 0.822. The van der Waals surface area contributed by atoms with Gasteiger partial charge in [0.05, 0.1) is 0 Å². The lowest BCUT2D eigenvalue weighted by atomic mass is 9.95. The summed E-state index contributed by atoms with van der Waals surface area (Å²) in [6, 6.07) is 10.8. The molecule has 0 saturated carbocycles. The summed E-state index contributed by atoms with van der Waals surface area (Å²) in [7, 11) is 0. The number of benzene rings is 1. The fraction of sp³-hybridized carbons (Fsp3) is 0.571. The second-order valence-electron chi connectivity index (χ2n) is 4.46. The van der Waals surface area contributed by atoms with Crippen LogP contribution in [0.25, 0.3) is 0 Å². The van der Waals surface area contributed by atoms with E-state index in [1.54, 1.807) is 0 Å². The van der Waals surface area contributed by atoms with Crippen molar-refractivity contribution in [1.29, 1.82) is 0 Å². The molecule has 1 atom stereocenters. The van der Waals surface area contributed by atoms with Gasteiger partial charge in [0, 0.05) is 13.2 Å². The zero-order chi connectivity index (χ0) is 10.3. The lowest BCUT2D eigenvalue weighted by Gasteiger charge is -2.21. The molecule has 0 N–H and O–H groups in total. The fourth-order valence-corrected chi connectivity index (χ4v) is 2.27. The summed E-state index contributed by atoms with van der Waals surface area (Å²) in [6.45, 7) is 1.98. The maximum Gasteiger partial charge on any atom is 0.0494 e. The van der Waals surface area contributed by atoms with E-state index in [1.807, 2.05) is 0 Å². The van der Waals surface area contributed by atoms with E-state index in [1.165, 1.54) is 37.7 Å². The Morgan fingerprint density at radius 2 is 2.07 bits per heavy atom. The highest BCUT2D eigenvalue weighted by molar-refractivity contribution is 5.14. The van der Waals surface area contributed by atoms with Gasteiger partial charge in [-0.2, -0.15) is 0 Å². The molecule has 15 heavy (non-hydrogen) atoms. The molecule has 1 aromatic carbocycles. The summed E-state index contributed by atoms with van der Waals surface area (Å²) < 4.78 is 5.48. The number of ether oxygens (including phenoxy) is 1. The van der Waals surface area contributed by atoms with Crippen molar-refractivity contribution in [3.63, 3.8) is 0 Å². The second-order valence-corrected chi connectivity index (χ2v) is 4.46. The molecule has 1 aliphatic heterocycles. The predicted octanol–water partition coefficient (Wildman–Crippen LogP) is 3.44. The Labute approximate surface area is 92.5 Å². The first-order chi connectivity index (χ1) is 7.45. The molecule has 0 bridgehead atoms. The van der Waals surface area contributed by atoms with Gasteiger partial charge in [0.25, 0.3) is 0 Å². The molecule has 0 unspecified atom stereocenters. The first-order valence-electron chi connectivity index (χ1n) is 6.07. The summed E-state index contributed by atoms with van der Waals surface area (Å²) in [4.78, 5) is 0. The highest BCUT2D eigenvalue weighted by atomic mass is 16.5. The van der Waals surface area contributed by atoms with Gasteiger partial charge in [0.2, 0.25) is 0 Å². The molecule has 0 radical (unpaired) electrons. The van der Waals surface area contributed by atoms with E-state index in [4.69, 9.17) is 4.74 Å². The molecule has 1 aliphatic rings. The van der Waals surface area contributed by atoms with Crippen molar-refractivity contribution >= 4 is 0 Å². The summed E-state index contributed by atoms with van der Waals surface area (Å²) >= 11 is 0. The quantitative estimate of drug-likeness (QED) is 0.730. The van der Waals surface area contributed by atoms with Gasteiger partial charge in [-0.05, 0) is 43.6 Å². The average Bonchev–Trinajstić information content (AvgIpc) is 2.32. The number of hydrogen-bond donors (Lipinski definition) is 0. The molecular weight excluding hydrogens is 184 g/mol. The third-order valence-electron chi connectivity index (χ3n) is 3.18. The minimum atomic E-state index is 0.822. The molecule has 1 heterocycles. The normalized spacial score (nSPS) is 21.5. The Balaban J connectivity index is 1.66. The number of rotatable bonds is 4. The van der Waals surface area contributed by atoms with Gasteiger partial charge in [0.1, 0.15) is 0 Å². The van der Waals surface area contributed by atoms with Crippen molar-refractivity contribution < 1.29 is 4.74 Å². The van der Waals surface area contributed by atoms with E-state index < -0.39 is 0 Å². The molecule has 1 fully saturated rings. The minimum Gasteiger partial charge on any atom is -0.381 e. The molecule has 0 amide bonds. The van der Waals surface area contributed by atoms with Gasteiger partial charge >= 0.3 is 0 Å². The molecule has 1 nitrogen and oxygen atoms in total. The molecule has 1 aromatic rings. The van der Waals surface area contributed by atoms with Crippen molar-refractivity contribution in [3.8, 4) is 0 Å². The van der Waals surface area contributed by atoms with Crippen molar-refractivity contribution in [3.05, 3.63) is 35.9 Å². The summed E-state index contributed by atoms with van der Waals surface area (Å²) in [6.07, 6.45) is 6.48. The Kier molecular flexibility index (Phi) is 4.22. The van der Waals surface area contributed by atoms with Gasteiger partial charge < -0.3 is 4.74 Å². The van der Waals surface area contributed by atoms with Crippen LogP contribution in [-0.4, -0.2) is 13.2 Å². The van der Waals surface area contributed by atoms with Gasteiger partial charge in [0.15, 0.2) is 0 Å². The highest BCUT2D eigenvalue weighted by Crippen LogP contribution is 2.19. The Bertz CT molecular complexity index is 262. The van der Waals surface area contributed by atoms with Crippen molar-refractivity contribution in [1.82, 2.24) is 0 Å². The van der Waals surface area contributed by atoms with E-state index in [0.717, 1.165) is 19.1 Å². The van der Waals surface area contributed by atoms with Gasteiger partial charge in [-0.15, -0.1) is 0 Å².